The summed E-state index contributed by atoms with van der Waals surface area (Å²) in [4.78, 5) is 1.08. The van der Waals surface area contributed by atoms with Crippen LogP contribution < -0.4 is 9.47 Å². The molecule has 66 valence electrons. The highest BCUT2D eigenvalue weighted by Crippen LogP contribution is 2.39. The first kappa shape index (κ1) is 9.98. The van der Waals surface area contributed by atoms with Gasteiger partial charge in [0.15, 0.2) is 11.5 Å². The molecule has 0 aliphatic heterocycles. The lowest BCUT2D eigenvalue weighted by atomic mass is 10.3. The van der Waals surface area contributed by atoms with Crippen LogP contribution in [-0.4, -0.2) is 14.2 Å². The van der Waals surface area contributed by atoms with Crippen LogP contribution >= 0.6 is 30.1 Å². The fraction of sp³-hybridized carbons (Fsp3) is 0.250. The molecular formula is C8H9IO2S. The van der Waals surface area contributed by atoms with Gasteiger partial charge in [-0.25, -0.2) is 0 Å². The van der Waals surface area contributed by atoms with Crippen LogP contribution in [-0.2, 0) is 0 Å². The predicted octanol–water partition coefficient (Wildman–Crippen LogP) is 3.15. The molecule has 0 bridgehead atoms. The van der Waals surface area contributed by atoms with Crippen molar-refractivity contribution in [2.24, 2.45) is 0 Å². The van der Waals surface area contributed by atoms with E-state index in [1.165, 1.54) is 0 Å². The molecule has 0 spiro atoms. The summed E-state index contributed by atoms with van der Waals surface area (Å²) in [6.07, 6.45) is 0. The summed E-state index contributed by atoms with van der Waals surface area (Å²) < 4.78 is 10.3. The van der Waals surface area contributed by atoms with Gasteiger partial charge in [-0.3, -0.25) is 0 Å². The Hall–Kier alpha value is -0.100. The molecule has 12 heavy (non-hydrogen) atoms. The van der Waals surface area contributed by atoms with Gasteiger partial charge in [0.1, 0.15) is 0 Å². The maximum absolute atomic E-state index is 5.21. The summed E-state index contributed by atoms with van der Waals surface area (Å²) in [5.41, 5.74) is 0. The molecule has 0 unspecified atom stereocenters. The number of ether oxygens (including phenoxy) is 2. The third-order valence-corrected chi connectivity index (χ3v) is 3.36. The zero-order valence-electron chi connectivity index (χ0n) is 6.83. The van der Waals surface area contributed by atoms with E-state index in [2.05, 4.69) is 21.2 Å². The molecule has 0 aliphatic carbocycles. The molecule has 0 aliphatic rings. The number of para-hydroxylation sites is 1. The van der Waals surface area contributed by atoms with E-state index in [-0.39, 0.29) is 0 Å². The lowest BCUT2D eigenvalue weighted by Gasteiger charge is -2.09. The second-order valence-electron chi connectivity index (χ2n) is 2.07. The van der Waals surface area contributed by atoms with Crippen molar-refractivity contribution in [3.63, 3.8) is 0 Å². The Morgan fingerprint density at radius 3 is 2.50 bits per heavy atom. The Balaban J connectivity index is 3.13. The first-order chi connectivity index (χ1) is 5.83. The topological polar surface area (TPSA) is 18.5 Å². The molecule has 0 saturated heterocycles. The van der Waals surface area contributed by atoms with Gasteiger partial charge in [-0.2, -0.15) is 0 Å². The quantitative estimate of drug-likeness (QED) is 0.798. The molecule has 0 heterocycles. The Morgan fingerprint density at radius 1 is 1.25 bits per heavy atom. The van der Waals surface area contributed by atoms with Crippen LogP contribution in [0.2, 0.25) is 0 Å². The molecular weight excluding hydrogens is 287 g/mol. The Morgan fingerprint density at radius 2 is 2.00 bits per heavy atom. The molecule has 2 nitrogen and oxygen atoms in total. The SMILES string of the molecule is COc1cccc(SI)c1OC. The van der Waals surface area contributed by atoms with Crippen molar-refractivity contribution >= 4 is 30.1 Å². The number of hydrogen-bond acceptors (Lipinski definition) is 3. The minimum atomic E-state index is 0.777. The molecule has 0 N–H and O–H groups in total. The van der Waals surface area contributed by atoms with Crippen molar-refractivity contribution < 1.29 is 9.47 Å². The molecule has 0 aromatic heterocycles. The third-order valence-electron chi connectivity index (χ3n) is 1.45. The van der Waals surface area contributed by atoms with E-state index in [4.69, 9.17) is 9.47 Å². The van der Waals surface area contributed by atoms with Crippen molar-refractivity contribution in [2.45, 2.75) is 4.90 Å². The average molecular weight is 296 g/mol. The standard InChI is InChI=1S/C8H9IO2S/c1-10-6-4-3-5-7(12-9)8(6)11-2/h3-5H,1-2H3. The zero-order valence-corrected chi connectivity index (χ0v) is 9.81. The Bertz CT molecular complexity index is 243. The predicted molar refractivity (Wildman–Crippen MR) is 59.4 cm³/mol. The molecule has 4 heteroatoms. The van der Waals surface area contributed by atoms with Gasteiger partial charge in [-0.15, -0.1) is 0 Å². The number of halogens is 1. The van der Waals surface area contributed by atoms with E-state index in [0.717, 1.165) is 16.4 Å². The van der Waals surface area contributed by atoms with Crippen molar-refractivity contribution in [3.8, 4) is 11.5 Å². The summed E-state index contributed by atoms with van der Waals surface area (Å²) in [5.74, 6) is 1.58. The van der Waals surface area contributed by atoms with Crippen molar-refractivity contribution in [1.29, 1.82) is 0 Å². The van der Waals surface area contributed by atoms with Crippen molar-refractivity contribution in [1.82, 2.24) is 0 Å². The fourth-order valence-corrected chi connectivity index (χ4v) is 2.34. The van der Waals surface area contributed by atoms with Crippen LogP contribution in [0.25, 0.3) is 0 Å². The second kappa shape index (κ2) is 4.81. The largest absolute Gasteiger partial charge is 0.493 e. The summed E-state index contributed by atoms with van der Waals surface area (Å²) in [5, 5.41) is 0. The smallest absolute Gasteiger partial charge is 0.175 e. The number of methoxy groups -OCH3 is 2. The van der Waals surface area contributed by atoms with Crippen LogP contribution in [0.3, 0.4) is 0 Å². The van der Waals surface area contributed by atoms with Gasteiger partial charge in [0.2, 0.25) is 0 Å². The molecule has 0 amide bonds. The van der Waals surface area contributed by atoms with Crippen molar-refractivity contribution in [3.05, 3.63) is 18.2 Å². The minimum Gasteiger partial charge on any atom is -0.493 e. The fourth-order valence-electron chi connectivity index (χ4n) is 0.918. The number of rotatable bonds is 3. The minimum absolute atomic E-state index is 0.777. The van der Waals surface area contributed by atoms with Gasteiger partial charge >= 0.3 is 0 Å². The maximum Gasteiger partial charge on any atom is 0.175 e. The van der Waals surface area contributed by atoms with Gasteiger partial charge in [-0.1, -0.05) is 6.07 Å². The highest BCUT2D eigenvalue weighted by Gasteiger charge is 2.07. The molecule has 1 aromatic carbocycles. The van der Waals surface area contributed by atoms with Crippen LogP contribution in [0.5, 0.6) is 11.5 Å². The zero-order chi connectivity index (χ0) is 8.97. The number of benzene rings is 1. The first-order valence-electron chi connectivity index (χ1n) is 3.33. The number of hydrogen-bond donors (Lipinski definition) is 0. The van der Waals surface area contributed by atoms with Gasteiger partial charge < -0.3 is 9.47 Å². The Labute approximate surface area is 88.2 Å². The van der Waals surface area contributed by atoms with Crippen LogP contribution in [0.1, 0.15) is 0 Å². The lowest BCUT2D eigenvalue weighted by Crippen LogP contribution is -1.90. The van der Waals surface area contributed by atoms with Crippen LogP contribution in [0, 0.1) is 0 Å². The van der Waals surface area contributed by atoms with Crippen LogP contribution in [0.4, 0.5) is 0 Å². The second-order valence-corrected chi connectivity index (χ2v) is 3.98. The molecule has 0 saturated carbocycles. The van der Waals surface area contributed by atoms with Gasteiger partial charge in [0, 0.05) is 21.2 Å². The van der Waals surface area contributed by atoms with Gasteiger partial charge in [0.05, 0.1) is 19.1 Å². The van der Waals surface area contributed by atoms with E-state index in [0.29, 0.717) is 0 Å². The van der Waals surface area contributed by atoms with E-state index < -0.39 is 0 Å². The molecule has 1 aromatic rings. The summed E-state index contributed by atoms with van der Waals surface area (Å²) in [6.45, 7) is 0. The Kier molecular flexibility index (Phi) is 4.00. The summed E-state index contributed by atoms with van der Waals surface area (Å²) in [6, 6.07) is 5.83. The van der Waals surface area contributed by atoms with E-state index in [9.17, 15) is 0 Å². The molecule has 0 atom stereocenters. The monoisotopic (exact) mass is 296 g/mol. The van der Waals surface area contributed by atoms with E-state index in [1.54, 1.807) is 23.2 Å². The third kappa shape index (κ3) is 1.98. The summed E-state index contributed by atoms with van der Waals surface area (Å²) >= 11 is 2.22. The molecule has 1 rings (SSSR count). The van der Waals surface area contributed by atoms with E-state index in [1.807, 2.05) is 18.2 Å². The first-order valence-corrected chi connectivity index (χ1v) is 6.69. The normalized spacial score (nSPS) is 9.58. The highest BCUT2D eigenvalue weighted by atomic mass is 127. The van der Waals surface area contributed by atoms with E-state index >= 15 is 0 Å². The maximum atomic E-state index is 5.21. The van der Waals surface area contributed by atoms with Crippen LogP contribution in [0.15, 0.2) is 23.1 Å². The van der Waals surface area contributed by atoms with Gasteiger partial charge in [-0.05, 0) is 21.1 Å². The molecule has 0 radical (unpaired) electrons. The lowest BCUT2D eigenvalue weighted by molar-refractivity contribution is 0.348. The molecule has 0 fully saturated rings. The average Bonchev–Trinajstić information content (AvgIpc) is 2.16. The summed E-state index contributed by atoms with van der Waals surface area (Å²) in [7, 11) is 4.90. The highest BCUT2D eigenvalue weighted by molar-refractivity contribution is 14.2. The van der Waals surface area contributed by atoms with Gasteiger partial charge in [0.25, 0.3) is 0 Å². The van der Waals surface area contributed by atoms with Crippen molar-refractivity contribution in [2.75, 3.05) is 14.2 Å².